The summed E-state index contributed by atoms with van der Waals surface area (Å²) in [5, 5.41) is 13.6. The van der Waals surface area contributed by atoms with Crippen molar-refractivity contribution < 1.29 is 18.3 Å². The molecule has 0 saturated carbocycles. The molecule has 3 aromatic heterocycles. The van der Waals surface area contributed by atoms with E-state index in [1.165, 1.54) is 6.20 Å². The molecule has 39 heavy (non-hydrogen) atoms. The molecule has 0 N–H and O–H groups in total. The number of aryl methyl sites for hydroxylation is 2. The first kappa shape index (κ1) is 26.0. The summed E-state index contributed by atoms with van der Waals surface area (Å²) in [4.78, 5) is 28.0. The number of hydrogen-bond donors (Lipinski definition) is 0. The molecule has 0 aliphatic carbocycles. The van der Waals surface area contributed by atoms with Crippen LogP contribution in [0.1, 0.15) is 63.6 Å². The minimum Gasteiger partial charge on any atom is -0.492 e. The summed E-state index contributed by atoms with van der Waals surface area (Å²) in [5.41, 5.74) is 3.10. The minimum absolute atomic E-state index is 0.203. The van der Waals surface area contributed by atoms with E-state index < -0.39 is 12.2 Å². The van der Waals surface area contributed by atoms with Gasteiger partial charge in [-0.15, -0.1) is 0 Å². The summed E-state index contributed by atoms with van der Waals surface area (Å²) in [7, 11) is 0. The van der Waals surface area contributed by atoms with Crippen molar-refractivity contribution in [2.45, 2.75) is 46.7 Å². The van der Waals surface area contributed by atoms with Gasteiger partial charge in [0.2, 0.25) is 0 Å². The van der Waals surface area contributed by atoms with Gasteiger partial charge in [-0.05, 0) is 50.5 Å². The SMILES string of the molecule is CCOc1cc(CN2CCc3c(cc(Cn4ccnc4C)cc3-n3nc(C)nc3C(F)F)C2=O)ncc1C#N. The Morgan fingerprint density at radius 1 is 1.18 bits per heavy atom. The zero-order valence-electron chi connectivity index (χ0n) is 21.7. The molecule has 200 valence electrons. The topological polar surface area (TPSA) is 115 Å². The molecule has 0 fully saturated rings. The number of pyridine rings is 1. The van der Waals surface area contributed by atoms with Crippen molar-refractivity contribution in [3.05, 3.63) is 82.2 Å². The van der Waals surface area contributed by atoms with Crippen LogP contribution in [0, 0.1) is 25.2 Å². The van der Waals surface area contributed by atoms with Gasteiger partial charge in [0.1, 0.15) is 29.0 Å². The summed E-state index contributed by atoms with van der Waals surface area (Å²) in [6, 6.07) is 7.32. The number of rotatable bonds is 8. The van der Waals surface area contributed by atoms with Crippen LogP contribution in [0.5, 0.6) is 5.75 Å². The van der Waals surface area contributed by atoms with Gasteiger partial charge >= 0.3 is 0 Å². The largest absolute Gasteiger partial charge is 0.492 e. The van der Waals surface area contributed by atoms with E-state index >= 15 is 0 Å². The van der Waals surface area contributed by atoms with Gasteiger partial charge in [-0.1, -0.05) is 0 Å². The first-order valence-electron chi connectivity index (χ1n) is 12.5. The molecule has 1 aliphatic rings. The molecule has 1 amide bonds. The lowest BCUT2D eigenvalue weighted by Crippen LogP contribution is -2.38. The van der Waals surface area contributed by atoms with E-state index in [0.29, 0.717) is 59.9 Å². The Kier molecular flexibility index (Phi) is 7.06. The molecule has 0 bridgehead atoms. The Morgan fingerprint density at radius 2 is 2.00 bits per heavy atom. The average molecular weight is 533 g/mol. The van der Waals surface area contributed by atoms with E-state index in [0.717, 1.165) is 16.1 Å². The smallest absolute Gasteiger partial charge is 0.297 e. The number of imidazole rings is 1. The molecule has 0 radical (unpaired) electrons. The molecular weight excluding hydrogens is 506 g/mol. The third kappa shape index (κ3) is 5.07. The molecule has 1 aromatic carbocycles. The van der Waals surface area contributed by atoms with Crippen LogP contribution < -0.4 is 4.74 Å². The standard InChI is InChI=1S/C27H26F2N8O2/c1-4-39-24-11-20(32-13-19(24)12-30)15-36-7-5-21-22(27(36)38)9-18(14-35-8-6-31-17(35)3)10-23(21)37-26(25(28)29)33-16(2)34-37/h6,8-11,13,25H,4-5,7,14-15H2,1-3H3. The van der Waals surface area contributed by atoms with Gasteiger partial charge in [0, 0.05) is 43.3 Å². The van der Waals surface area contributed by atoms with Crippen LogP contribution in [-0.2, 0) is 19.5 Å². The summed E-state index contributed by atoms with van der Waals surface area (Å²) < 4.78 is 36.4. The van der Waals surface area contributed by atoms with Crippen LogP contribution in [0.3, 0.4) is 0 Å². The van der Waals surface area contributed by atoms with Crippen LogP contribution in [0.4, 0.5) is 8.78 Å². The van der Waals surface area contributed by atoms with Crippen LogP contribution in [0.15, 0.2) is 36.8 Å². The summed E-state index contributed by atoms with van der Waals surface area (Å²) in [5.74, 6) is 0.697. The van der Waals surface area contributed by atoms with Crippen LogP contribution in [-0.4, -0.2) is 53.3 Å². The van der Waals surface area contributed by atoms with E-state index in [-0.39, 0.29) is 18.3 Å². The van der Waals surface area contributed by atoms with Gasteiger partial charge in [0.05, 0.1) is 24.5 Å². The lowest BCUT2D eigenvalue weighted by Gasteiger charge is -2.30. The van der Waals surface area contributed by atoms with Crippen molar-refractivity contribution in [1.29, 1.82) is 5.26 Å². The number of fused-ring (bicyclic) bond motifs is 1. The number of nitriles is 1. The number of hydrogen-bond acceptors (Lipinski definition) is 7. The monoisotopic (exact) mass is 532 g/mol. The van der Waals surface area contributed by atoms with E-state index in [1.807, 2.05) is 24.6 Å². The maximum absolute atomic E-state index is 13.9. The van der Waals surface area contributed by atoms with Crippen molar-refractivity contribution >= 4 is 5.91 Å². The fourth-order valence-electron chi connectivity index (χ4n) is 4.75. The maximum atomic E-state index is 13.9. The predicted molar refractivity (Wildman–Crippen MR) is 136 cm³/mol. The van der Waals surface area contributed by atoms with Crippen LogP contribution >= 0.6 is 0 Å². The second-order valence-electron chi connectivity index (χ2n) is 9.17. The van der Waals surface area contributed by atoms with Gasteiger partial charge in [-0.3, -0.25) is 9.78 Å². The Balaban J connectivity index is 1.55. The number of alkyl halides is 2. The molecule has 4 aromatic rings. The first-order valence-corrected chi connectivity index (χ1v) is 12.5. The van der Waals surface area contributed by atoms with Crippen molar-refractivity contribution in [1.82, 2.24) is 34.2 Å². The maximum Gasteiger partial charge on any atom is 0.297 e. The van der Waals surface area contributed by atoms with Crippen LogP contribution in [0.2, 0.25) is 0 Å². The molecule has 0 unspecified atom stereocenters. The Bertz CT molecular complexity index is 1590. The van der Waals surface area contributed by atoms with Gasteiger partial charge in [-0.25, -0.2) is 23.4 Å². The lowest BCUT2D eigenvalue weighted by molar-refractivity contribution is 0.0724. The molecule has 0 saturated heterocycles. The van der Waals surface area contributed by atoms with E-state index in [2.05, 4.69) is 26.1 Å². The second-order valence-corrected chi connectivity index (χ2v) is 9.17. The average Bonchev–Trinajstić information content (AvgIpc) is 3.51. The number of benzene rings is 1. The fourth-order valence-corrected chi connectivity index (χ4v) is 4.75. The quantitative estimate of drug-likeness (QED) is 0.338. The zero-order valence-corrected chi connectivity index (χ0v) is 21.7. The minimum atomic E-state index is -2.83. The highest BCUT2D eigenvalue weighted by molar-refractivity contribution is 5.98. The molecule has 0 atom stereocenters. The summed E-state index contributed by atoms with van der Waals surface area (Å²) >= 11 is 0. The Labute approximate surface area is 223 Å². The number of halogens is 2. The highest BCUT2D eigenvalue weighted by Crippen LogP contribution is 2.31. The van der Waals surface area contributed by atoms with Crippen molar-refractivity contribution in [3.63, 3.8) is 0 Å². The third-order valence-corrected chi connectivity index (χ3v) is 6.57. The predicted octanol–water partition coefficient (Wildman–Crippen LogP) is 3.93. The normalized spacial score (nSPS) is 13.1. The number of carbonyl (C=O) groups excluding carboxylic acids is 1. The highest BCUT2D eigenvalue weighted by atomic mass is 19.3. The molecule has 0 spiro atoms. The van der Waals surface area contributed by atoms with E-state index in [1.54, 1.807) is 36.2 Å². The Hall–Kier alpha value is -4.66. The van der Waals surface area contributed by atoms with E-state index in [4.69, 9.17) is 4.74 Å². The lowest BCUT2D eigenvalue weighted by atomic mass is 9.94. The Morgan fingerprint density at radius 3 is 2.69 bits per heavy atom. The molecule has 5 rings (SSSR count). The number of aromatic nitrogens is 6. The van der Waals surface area contributed by atoms with Gasteiger partial charge in [0.15, 0.2) is 5.82 Å². The molecule has 1 aliphatic heterocycles. The number of nitrogens with zero attached hydrogens (tertiary/aromatic N) is 8. The zero-order chi connectivity index (χ0) is 27.7. The molecule has 4 heterocycles. The molecule has 12 heteroatoms. The first-order chi connectivity index (χ1) is 18.8. The summed E-state index contributed by atoms with van der Waals surface area (Å²) in [6.07, 6.45) is 2.53. The summed E-state index contributed by atoms with van der Waals surface area (Å²) in [6.45, 7) is 6.58. The number of ether oxygens (including phenoxy) is 1. The van der Waals surface area contributed by atoms with Gasteiger partial charge < -0.3 is 14.2 Å². The van der Waals surface area contributed by atoms with Crippen molar-refractivity contribution in [2.75, 3.05) is 13.2 Å². The van der Waals surface area contributed by atoms with E-state index in [9.17, 15) is 18.8 Å². The van der Waals surface area contributed by atoms with Crippen LogP contribution in [0.25, 0.3) is 5.69 Å². The number of carbonyl (C=O) groups is 1. The van der Waals surface area contributed by atoms with Gasteiger partial charge in [0.25, 0.3) is 12.3 Å². The molecule has 10 nitrogen and oxygen atoms in total. The van der Waals surface area contributed by atoms with Crippen molar-refractivity contribution in [3.8, 4) is 17.5 Å². The second kappa shape index (κ2) is 10.6. The fraction of sp³-hybridized carbons (Fsp3) is 0.333. The van der Waals surface area contributed by atoms with Crippen molar-refractivity contribution in [2.24, 2.45) is 0 Å². The third-order valence-electron chi connectivity index (χ3n) is 6.57. The highest BCUT2D eigenvalue weighted by Gasteiger charge is 2.30. The molecular formula is C27H26F2N8O2. The van der Waals surface area contributed by atoms with Gasteiger partial charge in [-0.2, -0.15) is 10.4 Å². The number of amides is 1.